The van der Waals surface area contributed by atoms with E-state index in [4.69, 9.17) is 16.3 Å². The smallest absolute Gasteiger partial charge is 0.165 e. The van der Waals surface area contributed by atoms with Gasteiger partial charge in [-0.1, -0.05) is 24.6 Å². The topological polar surface area (TPSA) is 21.3 Å². The Bertz CT molecular complexity index is 558. The molecular weight excluding hydrogens is 285 g/mol. The predicted molar refractivity (Wildman–Crippen MR) is 77.8 cm³/mol. The average Bonchev–Trinajstić information content (AvgIpc) is 2.83. The molecular formula is C14H15ClFNOS. The molecule has 0 bridgehead atoms. The van der Waals surface area contributed by atoms with Crippen molar-refractivity contribution in [2.24, 2.45) is 0 Å². The van der Waals surface area contributed by atoms with Crippen LogP contribution in [0.25, 0.3) is 0 Å². The van der Waals surface area contributed by atoms with Crippen LogP contribution in [0.4, 0.5) is 4.39 Å². The molecule has 2 rings (SSSR count). The van der Waals surface area contributed by atoms with Gasteiger partial charge >= 0.3 is 0 Å². The average molecular weight is 300 g/mol. The number of nitrogens with one attached hydrogen (secondary N) is 1. The summed E-state index contributed by atoms with van der Waals surface area (Å²) in [6.07, 6.45) is 0. The summed E-state index contributed by atoms with van der Waals surface area (Å²) >= 11 is 7.77. The SMILES string of the molecule is CCNC(c1ccc(F)c(OC)c1)c1sccc1Cl. The maximum Gasteiger partial charge on any atom is 0.165 e. The van der Waals surface area contributed by atoms with Crippen molar-refractivity contribution in [3.63, 3.8) is 0 Å². The highest BCUT2D eigenvalue weighted by Crippen LogP contribution is 2.34. The lowest BCUT2D eigenvalue weighted by molar-refractivity contribution is 0.385. The van der Waals surface area contributed by atoms with Crippen LogP contribution in [0.15, 0.2) is 29.6 Å². The summed E-state index contributed by atoms with van der Waals surface area (Å²) in [4.78, 5) is 1.03. The van der Waals surface area contributed by atoms with E-state index in [0.717, 1.165) is 22.0 Å². The van der Waals surface area contributed by atoms with Crippen molar-refractivity contribution in [2.75, 3.05) is 13.7 Å². The number of rotatable bonds is 5. The lowest BCUT2D eigenvalue weighted by Crippen LogP contribution is -2.21. The van der Waals surface area contributed by atoms with E-state index in [9.17, 15) is 4.39 Å². The van der Waals surface area contributed by atoms with E-state index in [-0.39, 0.29) is 17.6 Å². The summed E-state index contributed by atoms with van der Waals surface area (Å²) in [5, 5.41) is 6.03. The first kappa shape index (κ1) is 14.3. The van der Waals surface area contributed by atoms with Crippen molar-refractivity contribution in [1.82, 2.24) is 5.32 Å². The third kappa shape index (κ3) is 3.08. The molecule has 5 heteroatoms. The van der Waals surface area contributed by atoms with Gasteiger partial charge in [-0.2, -0.15) is 0 Å². The highest BCUT2D eigenvalue weighted by atomic mass is 35.5. The number of hydrogen-bond acceptors (Lipinski definition) is 3. The Labute approximate surface area is 121 Å². The molecule has 0 saturated carbocycles. The molecule has 2 aromatic rings. The fourth-order valence-electron chi connectivity index (χ4n) is 1.93. The molecule has 1 aromatic heterocycles. The Balaban J connectivity index is 2.42. The second-order valence-electron chi connectivity index (χ2n) is 4.02. The number of halogens is 2. The van der Waals surface area contributed by atoms with E-state index in [1.807, 2.05) is 18.4 Å². The monoisotopic (exact) mass is 299 g/mol. The minimum Gasteiger partial charge on any atom is -0.494 e. The van der Waals surface area contributed by atoms with Crippen molar-refractivity contribution in [3.8, 4) is 5.75 Å². The summed E-state index contributed by atoms with van der Waals surface area (Å²) < 4.78 is 18.5. The maximum absolute atomic E-state index is 13.5. The third-order valence-corrected chi connectivity index (χ3v) is 4.25. The van der Waals surface area contributed by atoms with Gasteiger partial charge in [0.2, 0.25) is 0 Å². The molecule has 0 aliphatic rings. The molecule has 0 fully saturated rings. The summed E-state index contributed by atoms with van der Waals surface area (Å²) in [7, 11) is 1.46. The minimum atomic E-state index is -0.362. The van der Waals surface area contributed by atoms with E-state index in [1.54, 1.807) is 23.5 Å². The number of methoxy groups -OCH3 is 1. The summed E-state index contributed by atoms with van der Waals surface area (Å²) in [5.74, 6) is -0.119. The van der Waals surface area contributed by atoms with E-state index in [1.165, 1.54) is 13.2 Å². The van der Waals surface area contributed by atoms with Gasteiger partial charge in [-0.05, 0) is 35.7 Å². The fourth-order valence-corrected chi connectivity index (χ4v) is 3.20. The van der Waals surface area contributed by atoms with Gasteiger partial charge in [0.1, 0.15) is 0 Å². The molecule has 0 aliphatic heterocycles. The minimum absolute atomic E-state index is 0.0491. The quantitative estimate of drug-likeness (QED) is 0.891. The zero-order chi connectivity index (χ0) is 13.8. The van der Waals surface area contributed by atoms with Crippen LogP contribution in [0.5, 0.6) is 5.75 Å². The normalized spacial score (nSPS) is 12.4. The van der Waals surface area contributed by atoms with Crippen LogP contribution in [-0.2, 0) is 0 Å². The fraction of sp³-hybridized carbons (Fsp3) is 0.286. The van der Waals surface area contributed by atoms with Gasteiger partial charge in [-0.15, -0.1) is 11.3 Å². The third-order valence-electron chi connectivity index (χ3n) is 2.82. The Morgan fingerprint density at radius 3 is 2.79 bits per heavy atom. The number of thiophene rings is 1. The van der Waals surface area contributed by atoms with Gasteiger partial charge in [0, 0.05) is 4.88 Å². The summed E-state index contributed by atoms with van der Waals surface area (Å²) in [6.45, 7) is 2.81. The van der Waals surface area contributed by atoms with Crippen LogP contribution in [-0.4, -0.2) is 13.7 Å². The Hall–Kier alpha value is -1.10. The molecule has 1 N–H and O–H groups in total. The highest BCUT2D eigenvalue weighted by Gasteiger charge is 2.19. The van der Waals surface area contributed by atoms with E-state index < -0.39 is 0 Å². The van der Waals surface area contributed by atoms with Crippen LogP contribution in [0.1, 0.15) is 23.4 Å². The molecule has 2 nitrogen and oxygen atoms in total. The molecule has 0 amide bonds. The van der Waals surface area contributed by atoms with Gasteiger partial charge in [0.15, 0.2) is 11.6 Å². The van der Waals surface area contributed by atoms with Crippen LogP contribution in [0, 0.1) is 5.82 Å². The molecule has 1 atom stereocenters. The van der Waals surface area contributed by atoms with Crippen LogP contribution in [0.2, 0.25) is 5.02 Å². The van der Waals surface area contributed by atoms with Gasteiger partial charge in [-0.25, -0.2) is 4.39 Å². The first-order chi connectivity index (χ1) is 9.17. The molecule has 1 heterocycles. The highest BCUT2D eigenvalue weighted by molar-refractivity contribution is 7.10. The lowest BCUT2D eigenvalue weighted by Gasteiger charge is -2.18. The van der Waals surface area contributed by atoms with Crippen LogP contribution in [0.3, 0.4) is 0 Å². The first-order valence-electron chi connectivity index (χ1n) is 5.97. The molecule has 102 valence electrons. The number of ether oxygens (including phenoxy) is 1. The van der Waals surface area contributed by atoms with Crippen LogP contribution >= 0.6 is 22.9 Å². The summed E-state index contributed by atoms with van der Waals surface area (Å²) in [6, 6.07) is 6.69. The van der Waals surface area contributed by atoms with E-state index >= 15 is 0 Å². The lowest BCUT2D eigenvalue weighted by atomic mass is 10.0. The molecule has 0 aliphatic carbocycles. The van der Waals surface area contributed by atoms with Crippen molar-refractivity contribution in [3.05, 3.63) is 50.9 Å². The first-order valence-corrected chi connectivity index (χ1v) is 7.22. The number of benzene rings is 1. The van der Waals surface area contributed by atoms with E-state index in [2.05, 4.69) is 5.32 Å². The van der Waals surface area contributed by atoms with Gasteiger partial charge in [0.25, 0.3) is 0 Å². The zero-order valence-corrected chi connectivity index (χ0v) is 12.3. The summed E-state index contributed by atoms with van der Waals surface area (Å²) in [5.41, 5.74) is 0.935. The molecule has 1 aromatic carbocycles. The maximum atomic E-state index is 13.5. The second-order valence-corrected chi connectivity index (χ2v) is 5.37. The molecule has 0 radical (unpaired) electrons. The Kier molecular flexibility index (Phi) is 4.80. The van der Waals surface area contributed by atoms with Gasteiger partial charge in [-0.3, -0.25) is 0 Å². The standard InChI is InChI=1S/C14H15ClFNOS/c1-3-17-13(14-10(15)6-7-19-14)9-4-5-11(16)12(8-9)18-2/h4-8,13,17H,3H2,1-2H3. The van der Waals surface area contributed by atoms with Crippen molar-refractivity contribution >= 4 is 22.9 Å². The van der Waals surface area contributed by atoms with Gasteiger partial charge < -0.3 is 10.1 Å². The van der Waals surface area contributed by atoms with Crippen molar-refractivity contribution in [1.29, 1.82) is 0 Å². The molecule has 1 unspecified atom stereocenters. The Morgan fingerprint density at radius 1 is 1.42 bits per heavy atom. The van der Waals surface area contributed by atoms with Crippen LogP contribution < -0.4 is 10.1 Å². The predicted octanol–water partition coefficient (Wildman–Crippen LogP) is 4.25. The largest absolute Gasteiger partial charge is 0.494 e. The molecule has 0 saturated heterocycles. The second kappa shape index (κ2) is 6.37. The number of hydrogen-bond donors (Lipinski definition) is 1. The molecule has 19 heavy (non-hydrogen) atoms. The zero-order valence-electron chi connectivity index (χ0n) is 10.7. The van der Waals surface area contributed by atoms with E-state index in [0.29, 0.717) is 0 Å². The van der Waals surface area contributed by atoms with Crippen molar-refractivity contribution < 1.29 is 9.13 Å². The molecule has 0 spiro atoms. The Morgan fingerprint density at radius 2 is 2.21 bits per heavy atom. The van der Waals surface area contributed by atoms with Crippen molar-refractivity contribution in [2.45, 2.75) is 13.0 Å². The van der Waals surface area contributed by atoms with Gasteiger partial charge in [0.05, 0.1) is 18.2 Å².